The molecule has 5 nitrogen and oxygen atoms in total. The summed E-state index contributed by atoms with van der Waals surface area (Å²) in [7, 11) is 0. The molecular formula is C20H30O5. The molecule has 25 heavy (non-hydrogen) atoms. The van der Waals surface area contributed by atoms with Crippen LogP contribution in [0, 0.1) is 11.8 Å². The van der Waals surface area contributed by atoms with Crippen molar-refractivity contribution in [2.45, 2.75) is 82.4 Å². The number of esters is 1. The van der Waals surface area contributed by atoms with Gasteiger partial charge in [-0.1, -0.05) is 25.7 Å². The minimum atomic E-state index is -0.855. The van der Waals surface area contributed by atoms with E-state index in [0.29, 0.717) is 24.8 Å². The number of carbonyl (C=O) groups is 1. The second-order valence-corrected chi connectivity index (χ2v) is 8.48. The number of rotatable bonds is 0. The van der Waals surface area contributed by atoms with Crippen LogP contribution in [0.25, 0.3) is 0 Å². The van der Waals surface area contributed by atoms with Gasteiger partial charge in [-0.25, -0.2) is 4.79 Å². The lowest BCUT2D eigenvalue weighted by molar-refractivity contribution is -0.146. The van der Waals surface area contributed by atoms with E-state index in [-0.39, 0.29) is 23.5 Å². The molecule has 5 heteroatoms. The predicted octanol–water partition coefficient (Wildman–Crippen LogP) is 2.51. The summed E-state index contributed by atoms with van der Waals surface area (Å²) in [4.78, 5) is 12.0. The zero-order valence-corrected chi connectivity index (χ0v) is 15.4. The van der Waals surface area contributed by atoms with Gasteiger partial charge < -0.3 is 19.7 Å². The van der Waals surface area contributed by atoms with E-state index in [1.54, 1.807) is 0 Å². The van der Waals surface area contributed by atoms with Crippen molar-refractivity contribution in [1.82, 2.24) is 0 Å². The van der Waals surface area contributed by atoms with Crippen LogP contribution in [0.4, 0.5) is 0 Å². The molecule has 2 aliphatic heterocycles. The van der Waals surface area contributed by atoms with Crippen LogP contribution in [0.15, 0.2) is 24.3 Å². The van der Waals surface area contributed by atoms with Crippen LogP contribution in [-0.4, -0.2) is 45.7 Å². The highest BCUT2D eigenvalue weighted by Gasteiger charge is 2.55. The molecule has 2 N–H and O–H groups in total. The van der Waals surface area contributed by atoms with Crippen LogP contribution < -0.4 is 0 Å². The molecule has 0 amide bonds. The van der Waals surface area contributed by atoms with Gasteiger partial charge in [0.05, 0.1) is 23.4 Å². The summed E-state index contributed by atoms with van der Waals surface area (Å²) >= 11 is 0. The first-order valence-corrected chi connectivity index (χ1v) is 9.29. The average molecular weight is 350 g/mol. The molecule has 1 aliphatic carbocycles. The van der Waals surface area contributed by atoms with E-state index in [4.69, 9.17) is 9.47 Å². The van der Waals surface area contributed by atoms with E-state index in [0.717, 1.165) is 12.8 Å². The van der Waals surface area contributed by atoms with Gasteiger partial charge >= 0.3 is 5.97 Å². The quantitative estimate of drug-likeness (QED) is 0.304. The molecule has 0 bridgehead atoms. The predicted molar refractivity (Wildman–Crippen MR) is 93.8 cm³/mol. The van der Waals surface area contributed by atoms with E-state index in [1.807, 2.05) is 32.9 Å². The summed E-state index contributed by atoms with van der Waals surface area (Å²) in [5.41, 5.74) is -0.699. The summed E-state index contributed by atoms with van der Waals surface area (Å²) in [5, 5.41) is 21.2. The van der Waals surface area contributed by atoms with Gasteiger partial charge in [0, 0.05) is 11.5 Å². The number of carbonyl (C=O) groups excluding carboxylic acids is 1. The van der Waals surface area contributed by atoms with Crippen LogP contribution >= 0.6 is 0 Å². The fraction of sp³-hybridized carbons (Fsp3) is 0.750. The second kappa shape index (κ2) is 6.53. The van der Waals surface area contributed by atoms with Crippen LogP contribution in [0.2, 0.25) is 0 Å². The van der Waals surface area contributed by atoms with Gasteiger partial charge in [0.25, 0.3) is 0 Å². The average Bonchev–Trinajstić information content (AvgIpc) is 3.07. The van der Waals surface area contributed by atoms with Gasteiger partial charge in [0.15, 0.2) is 0 Å². The van der Waals surface area contributed by atoms with Gasteiger partial charge in [0.2, 0.25) is 0 Å². The monoisotopic (exact) mass is 350 g/mol. The molecule has 2 saturated heterocycles. The third kappa shape index (κ3) is 3.83. The van der Waals surface area contributed by atoms with E-state index in [9.17, 15) is 15.0 Å². The van der Waals surface area contributed by atoms with Crippen LogP contribution in [0.5, 0.6) is 0 Å². The molecule has 7 atom stereocenters. The Morgan fingerprint density at radius 3 is 2.80 bits per heavy atom. The summed E-state index contributed by atoms with van der Waals surface area (Å²) in [5.74, 6) is -0.636. The lowest BCUT2D eigenvalue weighted by atomic mass is 9.81. The lowest BCUT2D eigenvalue weighted by Crippen LogP contribution is -2.37. The molecule has 3 rings (SSSR count). The van der Waals surface area contributed by atoms with Crippen molar-refractivity contribution >= 4 is 5.97 Å². The maximum Gasteiger partial charge on any atom is 0.334 e. The first-order chi connectivity index (χ1) is 11.6. The maximum atomic E-state index is 12.0. The van der Waals surface area contributed by atoms with E-state index < -0.39 is 23.8 Å². The molecule has 2 fully saturated rings. The first-order valence-electron chi connectivity index (χ1n) is 9.29. The van der Waals surface area contributed by atoms with Crippen molar-refractivity contribution in [2.24, 2.45) is 11.8 Å². The van der Waals surface area contributed by atoms with Gasteiger partial charge in [0.1, 0.15) is 6.10 Å². The fourth-order valence-electron chi connectivity index (χ4n) is 4.12. The molecule has 0 aromatic rings. The molecule has 140 valence electrons. The topological polar surface area (TPSA) is 79.3 Å². The zero-order chi connectivity index (χ0) is 18.4. The number of epoxide rings is 1. The van der Waals surface area contributed by atoms with Crippen LogP contribution in [0.1, 0.15) is 52.9 Å². The Hall–Kier alpha value is -1.17. The Kier molecular flexibility index (Phi) is 4.86. The Bertz CT molecular complexity index is 581. The van der Waals surface area contributed by atoms with Crippen molar-refractivity contribution in [1.29, 1.82) is 0 Å². The summed E-state index contributed by atoms with van der Waals surface area (Å²) in [6.45, 7) is 9.70. The molecule has 0 unspecified atom stereocenters. The van der Waals surface area contributed by atoms with E-state index in [1.165, 1.54) is 0 Å². The van der Waals surface area contributed by atoms with Crippen molar-refractivity contribution in [3.8, 4) is 0 Å². The first kappa shape index (κ1) is 18.6. The summed E-state index contributed by atoms with van der Waals surface area (Å²) < 4.78 is 11.3. The summed E-state index contributed by atoms with van der Waals surface area (Å²) in [6.07, 6.45) is 6.08. The van der Waals surface area contributed by atoms with Gasteiger partial charge in [-0.3, -0.25) is 0 Å². The standard InChI is InChI=1S/C20H30O5/c1-12-7-5-8-19(3,23)9-6-10-20(4)15(25-20)11-14-13(2)18(22)24-17(14)16(12)21/h6,9,12,14-17,21,23H,2,5,7-8,10-11H2,1,3-4H3/b9-6-/t12-,14-,15+,16+,17+,19+,20+/m0/s1. The van der Waals surface area contributed by atoms with Gasteiger partial charge in [-0.15, -0.1) is 0 Å². The van der Waals surface area contributed by atoms with Gasteiger partial charge in [-0.2, -0.15) is 0 Å². The lowest BCUT2D eigenvalue weighted by Gasteiger charge is -2.28. The molecule has 3 aliphatic rings. The second-order valence-electron chi connectivity index (χ2n) is 8.48. The minimum Gasteiger partial charge on any atom is -0.456 e. The minimum absolute atomic E-state index is 0.00583. The highest BCUT2D eigenvalue weighted by Crippen LogP contribution is 2.47. The largest absolute Gasteiger partial charge is 0.456 e. The molecule has 0 aromatic heterocycles. The van der Waals surface area contributed by atoms with E-state index >= 15 is 0 Å². The zero-order valence-electron chi connectivity index (χ0n) is 15.4. The number of hydrogen-bond donors (Lipinski definition) is 2. The van der Waals surface area contributed by atoms with Crippen LogP contribution in [0.3, 0.4) is 0 Å². The highest BCUT2D eigenvalue weighted by molar-refractivity contribution is 5.90. The van der Waals surface area contributed by atoms with Crippen molar-refractivity contribution < 1.29 is 24.5 Å². The third-order valence-corrected chi connectivity index (χ3v) is 6.11. The Balaban J connectivity index is 1.82. The summed E-state index contributed by atoms with van der Waals surface area (Å²) in [6, 6.07) is 0. The van der Waals surface area contributed by atoms with Crippen LogP contribution in [-0.2, 0) is 14.3 Å². The van der Waals surface area contributed by atoms with Crippen molar-refractivity contribution in [3.05, 3.63) is 24.3 Å². The SMILES string of the molecule is C=C1C(=O)O[C@H]2[C@H](O)[C@@H](C)CCC[C@@](C)(O)/C=C\C[C@@]3(C)O[C@@H]3C[C@@H]12. The number of aliphatic hydroxyl groups is 2. The third-order valence-electron chi connectivity index (χ3n) is 6.11. The fourth-order valence-corrected chi connectivity index (χ4v) is 4.12. The Labute approximate surface area is 149 Å². The van der Waals surface area contributed by atoms with Gasteiger partial charge in [-0.05, 0) is 51.9 Å². The number of hydrogen-bond acceptors (Lipinski definition) is 5. The number of fused-ring (bicyclic) bond motifs is 2. The Morgan fingerprint density at radius 2 is 2.08 bits per heavy atom. The number of aliphatic hydroxyl groups excluding tert-OH is 1. The molecule has 0 spiro atoms. The smallest absolute Gasteiger partial charge is 0.334 e. The van der Waals surface area contributed by atoms with Crippen molar-refractivity contribution in [3.63, 3.8) is 0 Å². The molecular weight excluding hydrogens is 320 g/mol. The molecule has 0 radical (unpaired) electrons. The highest BCUT2D eigenvalue weighted by atomic mass is 16.6. The molecule has 0 saturated carbocycles. The maximum absolute atomic E-state index is 12.0. The molecule has 0 aromatic carbocycles. The Morgan fingerprint density at radius 1 is 1.36 bits per heavy atom. The van der Waals surface area contributed by atoms with E-state index in [2.05, 4.69) is 6.58 Å². The normalized spacial score (nSPS) is 49.6. The number of ether oxygens (including phenoxy) is 2. The van der Waals surface area contributed by atoms with Crippen molar-refractivity contribution in [2.75, 3.05) is 0 Å². The molecule has 2 heterocycles.